The van der Waals surface area contributed by atoms with E-state index < -0.39 is 13.9 Å². The molecule has 0 aliphatic carbocycles. The first-order valence-electron chi connectivity index (χ1n) is 25.4. The number of phosphoric ester groups is 1. The average molecular weight is 912 g/mol. The van der Waals surface area contributed by atoms with Crippen LogP contribution in [0.3, 0.4) is 0 Å². The quantitative estimate of drug-likeness (QED) is 0.0268. The van der Waals surface area contributed by atoms with Crippen molar-refractivity contribution in [3.63, 3.8) is 0 Å². The van der Waals surface area contributed by atoms with Crippen molar-refractivity contribution in [1.29, 1.82) is 0 Å². The van der Waals surface area contributed by atoms with Gasteiger partial charge in [-0.25, -0.2) is 4.57 Å². The van der Waals surface area contributed by atoms with Crippen molar-refractivity contribution in [2.24, 2.45) is 5.73 Å². The predicted octanol–water partition coefficient (Wildman–Crippen LogP) is 16.0. The molecule has 0 radical (unpaired) electrons. The van der Waals surface area contributed by atoms with Gasteiger partial charge in [0.2, 0.25) is 0 Å². The number of carbonyl (C=O) groups is 1. The van der Waals surface area contributed by atoms with Gasteiger partial charge in [-0.1, -0.05) is 194 Å². The highest BCUT2D eigenvalue weighted by Gasteiger charge is 2.25. The van der Waals surface area contributed by atoms with Crippen LogP contribution in [0.15, 0.2) is 109 Å². The molecule has 3 N–H and O–H groups in total. The summed E-state index contributed by atoms with van der Waals surface area (Å²) in [6.07, 6.45) is 69.8. The molecule has 0 amide bonds. The van der Waals surface area contributed by atoms with Crippen LogP contribution in [0.2, 0.25) is 0 Å². The lowest BCUT2D eigenvalue weighted by molar-refractivity contribution is -0.154. The van der Waals surface area contributed by atoms with Gasteiger partial charge in [-0.05, 0) is 103 Å². The lowest BCUT2D eigenvalue weighted by Crippen LogP contribution is -2.28. The number of esters is 1. The minimum Gasteiger partial charge on any atom is -0.457 e. The van der Waals surface area contributed by atoms with Gasteiger partial charge in [0.05, 0.1) is 19.8 Å². The molecule has 64 heavy (non-hydrogen) atoms. The van der Waals surface area contributed by atoms with Gasteiger partial charge in [-0.2, -0.15) is 0 Å². The van der Waals surface area contributed by atoms with Crippen molar-refractivity contribution in [2.45, 2.75) is 200 Å². The number of ether oxygens (including phenoxy) is 2. The van der Waals surface area contributed by atoms with Crippen molar-refractivity contribution in [2.75, 3.05) is 33.0 Å². The Morgan fingerprint density at radius 3 is 1.31 bits per heavy atom. The third kappa shape index (κ3) is 50.2. The van der Waals surface area contributed by atoms with Crippen LogP contribution < -0.4 is 5.73 Å². The van der Waals surface area contributed by atoms with Crippen LogP contribution in [0.5, 0.6) is 0 Å². The number of hydrogen-bond acceptors (Lipinski definition) is 7. The Labute approximate surface area is 393 Å². The van der Waals surface area contributed by atoms with Gasteiger partial charge in [0.25, 0.3) is 0 Å². The molecule has 0 aromatic heterocycles. The van der Waals surface area contributed by atoms with E-state index in [-0.39, 0.29) is 32.3 Å². The van der Waals surface area contributed by atoms with Crippen molar-refractivity contribution in [3.05, 3.63) is 109 Å². The van der Waals surface area contributed by atoms with E-state index in [1.165, 1.54) is 83.5 Å². The van der Waals surface area contributed by atoms with Gasteiger partial charge in [-0.3, -0.25) is 13.8 Å². The molecule has 2 atom stereocenters. The largest absolute Gasteiger partial charge is 0.472 e. The summed E-state index contributed by atoms with van der Waals surface area (Å²) >= 11 is 0. The van der Waals surface area contributed by atoms with Crippen molar-refractivity contribution in [1.82, 2.24) is 0 Å². The zero-order valence-corrected chi connectivity index (χ0v) is 41.6. The van der Waals surface area contributed by atoms with Gasteiger partial charge in [0, 0.05) is 19.6 Å². The maximum absolute atomic E-state index is 12.7. The fourth-order valence-corrected chi connectivity index (χ4v) is 7.24. The van der Waals surface area contributed by atoms with Crippen LogP contribution in [0.25, 0.3) is 0 Å². The summed E-state index contributed by atoms with van der Waals surface area (Å²) in [5.74, 6) is -0.354. The maximum Gasteiger partial charge on any atom is 0.472 e. The topological polar surface area (TPSA) is 117 Å². The second-order valence-electron chi connectivity index (χ2n) is 16.3. The van der Waals surface area contributed by atoms with E-state index in [0.717, 1.165) is 89.9 Å². The number of nitrogens with two attached hydrogens (primary N) is 1. The third-order valence-corrected chi connectivity index (χ3v) is 11.2. The summed E-state index contributed by atoms with van der Waals surface area (Å²) < 4.78 is 33.5. The molecule has 0 fully saturated rings. The monoisotopic (exact) mass is 912 g/mol. The van der Waals surface area contributed by atoms with Gasteiger partial charge in [-0.15, -0.1) is 0 Å². The molecule has 0 saturated heterocycles. The van der Waals surface area contributed by atoms with Crippen molar-refractivity contribution < 1.29 is 32.8 Å². The summed E-state index contributed by atoms with van der Waals surface area (Å²) in [6, 6.07) is 0. The van der Waals surface area contributed by atoms with E-state index in [1.807, 2.05) is 0 Å². The number of phosphoric acid groups is 1. The van der Waals surface area contributed by atoms with E-state index >= 15 is 0 Å². The minimum atomic E-state index is -4.31. The van der Waals surface area contributed by atoms with E-state index in [9.17, 15) is 14.3 Å². The Kier molecular flexibility index (Phi) is 48.9. The average Bonchev–Trinajstić information content (AvgIpc) is 3.29. The van der Waals surface area contributed by atoms with Crippen molar-refractivity contribution >= 4 is 13.8 Å². The van der Waals surface area contributed by atoms with Gasteiger partial charge >= 0.3 is 13.8 Å². The molecule has 2 unspecified atom stereocenters. The molecular weight excluding hydrogens is 818 g/mol. The van der Waals surface area contributed by atoms with Crippen molar-refractivity contribution in [3.8, 4) is 0 Å². The van der Waals surface area contributed by atoms with Crippen LogP contribution >= 0.6 is 7.82 Å². The van der Waals surface area contributed by atoms with Gasteiger partial charge < -0.3 is 20.1 Å². The number of rotatable bonds is 47. The number of unbranched alkanes of at least 4 members (excludes halogenated alkanes) is 16. The third-order valence-electron chi connectivity index (χ3n) is 10.2. The summed E-state index contributed by atoms with van der Waals surface area (Å²) in [6.45, 7) is 4.66. The zero-order chi connectivity index (χ0) is 46.5. The molecular formula is C55H94NO7P. The molecule has 0 aliphatic rings. The Hall–Kier alpha value is -2.84. The highest BCUT2D eigenvalue weighted by atomic mass is 31.2. The lowest BCUT2D eigenvalue weighted by Gasteiger charge is -2.20. The zero-order valence-electron chi connectivity index (χ0n) is 40.7. The standard InChI is InChI=1S/C55H94NO7P/c1-3-5-7-9-11-13-15-17-19-21-23-25-26-27-29-31-33-35-37-39-41-43-45-47-50-60-52-54(53-62-64(58,59)61-51-49-56)63-55(57)48-46-44-42-40-38-36-34-32-30-28-24-22-20-18-16-14-12-10-8-6-4-2/h5,7,11,13,16-19,22-25,27,29,33,35,39,41,54H,3-4,6,8-10,12,14-15,20-21,26,28,30-32,34,36-38,40,42-53,56H2,1-2H3,(H,58,59)/b7-5-,13-11-,18-16-,19-17-,24-22-,25-23-,29-27-,35-33-,41-39-. The molecule has 0 rings (SSSR count). The van der Waals surface area contributed by atoms with E-state index in [1.54, 1.807) is 0 Å². The second-order valence-corrected chi connectivity index (χ2v) is 17.7. The summed E-state index contributed by atoms with van der Waals surface area (Å²) in [5, 5.41) is 0. The SMILES string of the molecule is CC/C=C\C/C=C\C/C=C\C/C=C\C/C=C\C/C=C\C/C=C\CCCCOCC(COP(=O)(O)OCCN)OC(=O)CCCCCCCCCCC/C=C\C/C=C\CCCCCCC. The Morgan fingerprint density at radius 1 is 0.484 bits per heavy atom. The molecule has 0 spiro atoms. The van der Waals surface area contributed by atoms with E-state index in [2.05, 4.69) is 123 Å². The highest BCUT2D eigenvalue weighted by Crippen LogP contribution is 2.43. The predicted molar refractivity (Wildman–Crippen MR) is 274 cm³/mol. The number of hydrogen-bond donors (Lipinski definition) is 2. The van der Waals surface area contributed by atoms with Crippen LogP contribution in [0.4, 0.5) is 0 Å². The fraction of sp³-hybridized carbons (Fsp3) is 0.655. The fourth-order valence-electron chi connectivity index (χ4n) is 6.48. The molecule has 0 heterocycles. The molecule has 8 nitrogen and oxygen atoms in total. The number of allylic oxidation sites excluding steroid dienone is 18. The van der Waals surface area contributed by atoms with E-state index in [4.69, 9.17) is 24.3 Å². The summed E-state index contributed by atoms with van der Waals surface area (Å²) in [7, 11) is -4.31. The minimum absolute atomic E-state index is 0.0775. The second kappa shape index (κ2) is 51.1. The lowest BCUT2D eigenvalue weighted by atomic mass is 10.1. The van der Waals surface area contributed by atoms with Gasteiger partial charge in [0.1, 0.15) is 6.10 Å². The first-order chi connectivity index (χ1) is 31.4. The molecule has 366 valence electrons. The van der Waals surface area contributed by atoms with Crippen LogP contribution in [0.1, 0.15) is 194 Å². The molecule has 0 aromatic carbocycles. The van der Waals surface area contributed by atoms with Crippen LogP contribution in [-0.4, -0.2) is 49.9 Å². The first kappa shape index (κ1) is 61.2. The molecule has 0 saturated carbocycles. The highest BCUT2D eigenvalue weighted by molar-refractivity contribution is 7.47. The Balaban J connectivity index is 4.09. The molecule has 0 bridgehead atoms. The Bertz CT molecular complexity index is 1350. The first-order valence-corrected chi connectivity index (χ1v) is 26.9. The van der Waals surface area contributed by atoms with Crippen LogP contribution in [0, 0.1) is 0 Å². The Morgan fingerprint density at radius 2 is 0.875 bits per heavy atom. The summed E-state index contributed by atoms with van der Waals surface area (Å²) in [5.41, 5.74) is 5.38. The smallest absolute Gasteiger partial charge is 0.457 e. The molecule has 0 aromatic rings. The normalized spacial score (nSPS) is 14.2. The van der Waals surface area contributed by atoms with Crippen LogP contribution in [-0.2, 0) is 27.9 Å². The maximum atomic E-state index is 12.7. The molecule has 0 aliphatic heterocycles. The number of carbonyl (C=O) groups excluding carboxylic acids is 1. The van der Waals surface area contributed by atoms with E-state index in [0.29, 0.717) is 13.0 Å². The summed E-state index contributed by atoms with van der Waals surface area (Å²) in [4.78, 5) is 22.6. The molecule has 9 heteroatoms. The van der Waals surface area contributed by atoms with Gasteiger partial charge in [0.15, 0.2) is 0 Å².